The summed E-state index contributed by atoms with van der Waals surface area (Å²) >= 11 is 0. The third-order valence-electron chi connectivity index (χ3n) is 3.21. The molecule has 2 aromatic rings. The molecule has 0 spiro atoms. The lowest BCUT2D eigenvalue weighted by molar-refractivity contribution is -0.120. The van der Waals surface area contributed by atoms with Crippen LogP contribution in [0.3, 0.4) is 0 Å². The molecular formula is C18H17N3O2. The Morgan fingerprint density at radius 1 is 1.00 bits per heavy atom. The van der Waals surface area contributed by atoms with E-state index in [-0.39, 0.29) is 18.2 Å². The minimum Gasteiger partial charge on any atom is -0.352 e. The van der Waals surface area contributed by atoms with Crippen molar-refractivity contribution >= 4 is 17.5 Å². The highest BCUT2D eigenvalue weighted by Gasteiger charge is 2.04. The first kappa shape index (κ1) is 16.2. The van der Waals surface area contributed by atoms with E-state index in [1.54, 1.807) is 24.3 Å². The number of rotatable bonds is 5. The largest absolute Gasteiger partial charge is 0.352 e. The summed E-state index contributed by atoms with van der Waals surface area (Å²) in [5, 5.41) is 14.3. The summed E-state index contributed by atoms with van der Waals surface area (Å²) < 4.78 is 0. The average molecular weight is 307 g/mol. The number of hydrogen-bond acceptors (Lipinski definition) is 3. The van der Waals surface area contributed by atoms with Crippen LogP contribution in [0, 0.1) is 11.3 Å². The molecule has 2 aromatic carbocycles. The zero-order valence-corrected chi connectivity index (χ0v) is 12.8. The molecule has 2 amide bonds. The monoisotopic (exact) mass is 307 g/mol. The van der Waals surface area contributed by atoms with Crippen LogP contribution in [0.4, 0.5) is 5.69 Å². The molecule has 2 rings (SSSR count). The van der Waals surface area contributed by atoms with Crippen LogP contribution in [0.15, 0.2) is 48.5 Å². The standard InChI is InChI=1S/C18H17N3O2/c1-13(22)21-17-8-6-14(7-9-17)10-18(23)20-12-16-4-2-15(11-19)3-5-16/h2-9H,10,12H2,1H3,(H,20,23)(H,21,22). The van der Waals surface area contributed by atoms with Crippen molar-refractivity contribution in [3.63, 3.8) is 0 Å². The van der Waals surface area contributed by atoms with E-state index in [1.807, 2.05) is 24.3 Å². The Bertz CT molecular complexity index is 728. The van der Waals surface area contributed by atoms with Crippen LogP contribution in [0.1, 0.15) is 23.6 Å². The Hall–Kier alpha value is -3.13. The highest BCUT2D eigenvalue weighted by molar-refractivity contribution is 5.88. The van der Waals surface area contributed by atoms with Crippen LogP contribution in [-0.2, 0) is 22.6 Å². The number of carbonyl (C=O) groups excluding carboxylic acids is 2. The molecule has 5 nitrogen and oxygen atoms in total. The number of carbonyl (C=O) groups is 2. The second-order valence-corrected chi connectivity index (χ2v) is 5.14. The molecule has 0 fully saturated rings. The molecule has 0 aliphatic rings. The predicted octanol–water partition coefficient (Wildman–Crippen LogP) is 2.38. The molecular weight excluding hydrogens is 290 g/mol. The zero-order valence-electron chi connectivity index (χ0n) is 12.8. The predicted molar refractivity (Wildman–Crippen MR) is 87.5 cm³/mol. The van der Waals surface area contributed by atoms with E-state index in [1.165, 1.54) is 6.92 Å². The molecule has 0 saturated carbocycles. The van der Waals surface area contributed by atoms with Crippen LogP contribution < -0.4 is 10.6 Å². The molecule has 116 valence electrons. The van der Waals surface area contributed by atoms with Gasteiger partial charge in [-0.1, -0.05) is 24.3 Å². The van der Waals surface area contributed by atoms with Gasteiger partial charge in [-0.05, 0) is 35.4 Å². The van der Waals surface area contributed by atoms with E-state index in [9.17, 15) is 9.59 Å². The molecule has 0 radical (unpaired) electrons. The first-order chi connectivity index (χ1) is 11.1. The summed E-state index contributed by atoms with van der Waals surface area (Å²) in [5.41, 5.74) is 3.12. The Balaban J connectivity index is 1.84. The van der Waals surface area contributed by atoms with Crippen LogP contribution >= 0.6 is 0 Å². The smallest absolute Gasteiger partial charge is 0.224 e. The number of amides is 2. The van der Waals surface area contributed by atoms with Crippen molar-refractivity contribution in [1.82, 2.24) is 5.32 Å². The van der Waals surface area contributed by atoms with E-state index in [0.717, 1.165) is 11.1 Å². The minimum absolute atomic E-state index is 0.0818. The topological polar surface area (TPSA) is 82.0 Å². The molecule has 0 aromatic heterocycles. The highest BCUT2D eigenvalue weighted by atomic mass is 16.2. The third kappa shape index (κ3) is 5.29. The first-order valence-corrected chi connectivity index (χ1v) is 7.19. The summed E-state index contributed by atoms with van der Waals surface area (Å²) in [5.74, 6) is -0.209. The van der Waals surface area contributed by atoms with Crippen LogP contribution in [0.5, 0.6) is 0 Å². The van der Waals surface area contributed by atoms with Gasteiger partial charge in [0, 0.05) is 19.2 Å². The van der Waals surface area contributed by atoms with Gasteiger partial charge in [0.1, 0.15) is 0 Å². The third-order valence-corrected chi connectivity index (χ3v) is 3.21. The lowest BCUT2D eigenvalue weighted by Gasteiger charge is -2.07. The molecule has 5 heteroatoms. The summed E-state index contributed by atoms with van der Waals surface area (Å²) in [4.78, 5) is 22.9. The quantitative estimate of drug-likeness (QED) is 0.889. The molecule has 0 aliphatic carbocycles. The number of nitrogens with zero attached hydrogens (tertiary/aromatic N) is 1. The van der Waals surface area contributed by atoms with Crippen molar-refractivity contribution in [2.24, 2.45) is 0 Å². The zero-order chi connectivity index (χ0) is 16.7. The molecule has 0 heterocycles. The number of hydrogen-bond donors (Lipinski definition) is 2. The molecule has 0 unspecified atom stereocenters. The van der Waals surface area contributed by atoms with Crippen molar-refractivity contribution in [2.75, 3.05) is 5.32 Å². The Morgan fingerprint density at radius 2 is 1.61 bits per heavy atom. The van der Waals surface area contributed by atoms with Crippen molar-refractivity contribution in [3.8, 4) is 6.07 Å². The number of nitriles is 1. The highest BCUT2D eigenvalue weighted by Crippen LogP contribution is 2.10. The van der Waals surface area contributed by atoms with Gasteiger partial charge in [-0.2, -0.15) is 5.26 Å². The van der Waals surface area contributed by atoms with Crippen LogP contribution in [0.2, 0.25) is 0 Å². The van der Waals surface area contributed by atoms with Crippen molar-refractivity contribution in [1.29, 1.82) is 5.26 Å². The van der Waals surface area contributed by atoms with Gasteiger partial charge in [0.05, 0.1) is 18.1 Å². The molecule has 2 N–H and O–H groups in total. The maximum atomic E-state index is 11.9. The van der Waals surface area contributed by atoms with Gasteiger partial charge in [-0.25, -0.2) is 0 Å². The number of nitrogens with one attached hydrogen (secondary N) is 2. The van der Waals surface area contributed by atoms with Crippen LogP contribution in [-0.4, -0.2) is 11.8 Å². The molecule has 0 aliphatic heterocycles. The SMILES string of the molecule is CC(=O)Nc1ccc(CC(=O)NCc2ccc(C#N)cc2)cc1. The van der Waals surface area contributed by atoms with Gasteiger partial charge in [0.2, 0.25) is 11.8 Å². The van der Waals surface area contributed by atoms with Gasteiger partial charge in [-0.15, -0.1) is 0 Å². The lowest BCUT2D eigenvalue weighted by Crippen LogP contribution is -2.24. The minimum atomic E-state index is -0.127. The molecule has 0 saturated heterocycles. The Labute approximate surface area is 134 Å². The molecule has 0 bridgehead atoms. The first-order valence-electron chi connectivity index (χ1n) is 7.19. The summed E-state index contributed by atoms with van der Waals surface area (Å²) in [7, 11) is 0. The second-order valence-electron chi connectivity index (χ2n) is 5.14. The number of benzene rings is 2. The number of anilines is 1. The maximum Gasteiger partial charge on any atom is 0.224 e. The van der Waals surface area contributed by atoms with Gasteiger partial charge >= 0.3 is 0 Å². The molecule has 23 heavy (non-hydrogen) atoms. The lowest BCUT2D eigenvalue weighted by atomic mass is 10.1. The van der Waals surface area contributed by atoms with Gasteiger partial charge in [0.25, 0.3) is 0 Å². The molecule has 0 atom stereocenters. The summed E-state index contributed by atoms with van der Waals surface area (Å²) in [6.07, 6.45) is 0.274. The van der Waals surface area contributed by atoms with E-state index in [2.05, 4.69) is 16.7 Å². The fraction of sp³-hybridized carbons (Fsp3) is 0.167. The second kappa shape index (κ2) is 7.76. The van der Waals surface area contributed by atoms with Gasteiger partial charge in [0.15, 0.2) is 0 Å². The average Bonchev–Trinajstić information content (AvgIpc) is 2.55. The summed E-state index contributed by atoms with van der Waals surface area (Å²) in [6.45, 7) is 1.87. The van der Waals surface area contributed by atoms with Crippen LogP contribution in [0.25, 0.3) is 0 Å². The normalized spacial score (nSPS) is 9.74. The fourth-order valence-corrected chi connectivity index (χ4v) is 2.05. The summed E-state index contributed by atoms with van der Waals surface area (Å²) in [6, 6.07) is 16.3. The fourth-order valence-electron chi connectivity index (χ4n) is 2.05. The van der Waals surface area contributed by atoms with E-state index in [0.29, 0.717) is 17.8 Å². The van der Waals surface area contributed by atoms with E-state index < -0.39 is 0 Å². The van der Waals surface area contributed by atoms with Gasteiger partial charge in [-0.3, -0.25) is 9.59 Å². The Kier molecular flexibility index (Phi) is 5.48. The van der Waals surface area contributed by atoms with E-state index >= 15 is 0 Å². The van der Waals surface area contributed by atoms with E-state index in [4.69, 9.17) is 5.26 Å². The van der Waals surface area contributed by atoms with Crippen molar-refractivity contribution < 1.29 is 9.59 Å². The van der Waals surface area contributed by atoms with Crippen molar-refractivity contribution in [3.05, 3.63) is 65.2 Å². The Morgan fingerprint density at radius 3 is 2.17 bits per heavy atom. The maximum absolute atomic E-state index is 11.9. The van der Waals surface area contributed by atoms with Crippen molar-refractivity contribution in [2.45, 2.75) is 19.9 Å². The van der Waals surface area contributed by atoms with Gasteiger partial charge < -0.3 is 10.6 Å².